The highest BCUT2D eigenvalue weighted by Gasteiger charge is 2.22. The maximum atomic E-state index is 13.4. The zero-order valence-electron chi connectivity index (χ0n) is 18.4. The van der Waals surface area contributed by atoms with E-state index in [1.807, 2.05) is 28.8 Å². The molecule has 1 N–H and O–H groups in total. The monoisotopic (exact) mass is 499 g/mol. The van der Waals surface area contributed by atoms with Gasteiger partial charge in [-0.2, -0.15) is 0 Å². The number of amides is 1. The molecule has 5 rings (SSSR count). The lowest BCUT2D eigenvalue weighted by Gasteiger charge is -2.14. The molecule has 1 saturated heterocycles. The van der Waals surface area contributed by atoms with Gasteiger partial charge in [0.25, 0.3) is 0 Å². The number of halogens is 1. The van der Waals surface area contributed by atoms with Crippen LogP contribution in [0.2, 0.25) is 0 Å². The van der Waals surface area contributed by atoms with E-state index in [1.165, 1.54) is 35.2 Å². The molecule has 1 unspecified atom stereocenters. The third-order valence-electron chi connectivity index (χ3n) is 5.40. The number of aromatic nitrogens is 4. The summed E-state index contributed by atoms with van der Waals surface area (Å²) in [6, 6.07) is 12.0. The summed E-state index contributed by atoms with van der Waals surface area (Å²) in [4.78, 5) is 16.9. The average molecular weight is 500 g/mol. The highest BCUT2D eigenvalue weighted by atomic mass is 32.2. The molecule has 0 aliphatic carbocycles. The van der Waals surface area contributed by atoms with E-state index in [4.69, 9.17) is 9.47 Å². The minimum atomic E-state index is -0.331. The number of thiazole rings is 1. The molecule has 2 aromatic carbocycles. The Balaban J connectivity index is 1.31. The van der Waals surface area contributed by atoms with Crippen LogP contribution in [-0.4, -0.2) is 51.2 Å². The maximum absolute atomic E-state index is 13.4. The van der Waals surface area contributed by atoms with Gasteiger partial charge in [0.2, 0.25) is 5.91 Å². The lowest BCUT2D eigenvalue weighted by Crippen LogP contribution is -2.18. The number of hydrogen-bond acceptors (Lipinski definition) is 8. The molecule has 1 atom stereocenters. The second-order valence-corrected chi connectivity index (χ2v) is 9.72. The van der Waals surface area contributed by atoms with E-state index in [0.717, 1.165) is 30.8 Å². The summed E-state index contributed by atoms with van der Waals surface area (Å²) in [7, 11) is 1.63. The average Bonchev–Trinajstić information content (AvgIpc) is 3.58. The standard InChI is InChI=1S/C23H22FN5O3S2/c1-31-16-7-4-14(5-8-16)21-27-28-23(29(21)12-17-3-2-10-32-17)33-13-20(30)26-22-25-18-9-6-15(24)11-19(18)34-22/h4-9,11,17H,2-3,10,12-13H2,1H3,(H,25,26,30). The van der Waals surface area contributed by atoms with Crippen molar-refractivity contribution in [3.63, 3.8) is 0 Å². The molecule has 0 saturated carbocycles. The number of thioether (sulfide) groups is 1. The van der Waals surface area contributed by atoms with E-state index in [1.54, 1.807) is 13.2 Å². The van der Waals surface area contributed by atoms with Gasteiger partial charge in [0.15, 0.2) is 16.1 Å². The second-order valence-electron chi connectivity index (χ2n) is 7.75. The Morgan fingerprint density at radius 1 is 1.29 bits per heavy atom. The normalized spacial score (nSPS) is 15.6. The summed E-state index contributed by atoms with van der Waals surface area (Å²) in [5, 5.41) is 12.6. The maximum Gasteiger partial charge on any atom is 0.236 e. The Hall–Kier alpha value is -3.02. The molecule has 4 aromatic rings. The first-order chi connectivity index (χ1) is 16.6. The summed E-state index contributed by atoms with van der Waals surface area (Å²) >= 11 is 2.54. The predicted molar refractivity (Wildman–Crippen MR) is 130 cm³/mol. The SMILES string of the molecule is COc1ccc(-c2nnc(SCC(=O)Nc3nc4ccc(F)cc4s3)n2CC2CCCO2)cc1. The molecule has 34 heavy (non-hydrogen) atoms. The largest absolute Gasteiger partial charge is 0.497 e. The number of benzene rings is 2. The van der Waals surface area contributed by atoms with Crippen LogP contribution in [0.15, 0.2) is 47.6 Å². The molecule has 0 spiro atoms. The lowest BCUT2D eigenvalue weighted by atomic mass is 10.2. The van der Waals surface area contributed by atoms with Crippen molar-refractivity contribution < 1.29 is 18.7 Å². The van der Waals surface area contributed by atoms with E-state index in [2.05, 4.69) is 20.5 Å². The Labute approximate surface area is 203 Å². The van der Waals surface area contributed by atoms with Crippen LogP contribution in [0.25, 0.3) is 21.6 Å². The van der Waals surface area contributed by atoms with E-state index in [-0.39, 0.29) is 23.6 Å². The number of anilines is 1. The number of hydrogen-bond donors (Lipinski definition) is 1. The molecule has 8 nitrogen and oxygen atoms in total. The summed E-state index contributed by atoms with van der Waals surface area (Å²) in [5.74, 6) is 1.06. The number of nitrogens with one attached hydrogen (secondary N) is 1. The van der Waals surface area contributed by atoms with Gasteiger partial charge < -0.3 is 14.8 Å². The zero-order chi connectivity index (χ0) is 23.5. The van der Waals surface area contributed by atoms with Gasteiger partial charge in [-0.05, 0) is 55.3 Å². The fourth-order valence-corrected chi connectivity index (χ4v) is 5.40. The molecule has 1 aliphatic heterocycles. The Morgan fingerprint density at radius 2 is 2.15 bits per heavy atom. The molecule has 0 radical (unpaired) electrons. The molecule has 1 fully saturated rings. The van der Waals surface area contributed by atoms with Crippen molar-refractivity contribution in [1.82, 2.24) is 19.7 Å². The van der Waals surface area contributed by atoms with Crippen molar-refractivity contribution in [3.8, 4) is 17.1 Å². The Kier molecular flexibility index (Phi) is 6.75. The topological polar surface area (TPSA) is 91.2 Å². The molecule has 1 aliphatic rings. The number of rotatable bonds is 8. The van der Waals surface area contributed by atoms with Crippen LogP contribution in [0.5, 0.6) is 5.75 Å². The van der Waals surface area contributed by atoms with Crippen molar-refractivity contribution >= 4 is 44.4 Å². The summed E-state index contributed by atoms with van der Waals surface area (Å²) in [5.41, 5.74) is 1.55. The quantitative estimate of drug-likeness (QED) is 0.354. The smallest absolute Gasteiger partial charge is 0.236 e. The summed E-state index contributed by atoms with van der Waals surface area (Å²) in [6.45, 7) is 1.36. The highest BCUT2D eigenvalue weighted by molar-refractivity contribution is 7.99. The minimum absolute atomic E-state index is 0.0873. The van der Waals surface area contributed by atoms with Gasteiger partial charge in [-0.1, -0.05) is 23.1 Å². The van der Waals surface area contributed by atoms with E-state index < -0.39 is 0 Å². The predicted octanol–water partition coefficient (Wildman–Crippen LogP) is 4.61. The molecular formula is C23H22FN5O3S2. The molecule has 3 heterocycles. The van der Waals surface area contributed by atoms with Crippen LogP contribution in [-0.2, 0) is 16.1 Å². The first kappa shape index (κ1) is 22.8. The van der Waals surface area contributed by atoms with Crippen molar-refractivity contribution in [3.05, 3.63) is 48.3 Å². The Morgan fingerprint density at radius 3 is 2.91 bits per heavy atom. The third-order valence-corrected chi connectivity index (χ3v) is 7.30. The van der Waals surface area contributed by atoms with Crippen molar-refractivity contribution in [2.24, 2.45) is 0 Å². The molecule has 176 valence electrons. The van der Waals surface area contributed by atoms with Gasteiger partial charge in [0, 0.05) is 12.2 Å². The molecule has 2 aromatic heterocycles. The fraction of sp³-hybridized carbons (Fsp3) is 0.304. The van der Waals surface area contributed by atoms with Crippen LogP contribution in [0.3, 0.4) is 0 Å². The van der Waals surface area contributed by atoms with Crippen LogP contribution in [0.4, 0.5) is 9.52 Å². The zero-order valence-corrected chi connectivity index (χ0v) is 20.0. The first-order valence-electron chi connectivity index (χ1n) is 10.8. The highest BCUT2D eigenvalue weighted by Crippen LogP contribution is 2.29. The number of carbonyl (C=O) groups excluding carboxylic acids is 1. The number of nitrogens with zero attached hydrogens (tertiary/aromatic N) is 4. The number of ether oxygens (including phenoxy) is 2. The lowest BCUT2D eigenvalue weighted by molar-refractivity contribution is -0.113. The van der Waals surface area contributed by atoms with Gasteiger partial charge >= 0.3 is 0 Å². The third kappa shape index (κ3) is 5.06. The van der Waals surface area contributed by atoms with Crippen LogP contribution < -0.4 is 10.1 Å². The van der Waals surface area contributed by atoms with Crippen molar-refractivity contribution in [2.45, 2.75) is 30.6 Å². The number of carbonyl (C=O) groups is 1. The van der Waals surface area contributed by atoms with Crippen molar-refractivity contribution in [2.75, 3.05) is 24.8 Å². The van der Waals surface area contributed by atoms with E-state index >= 15 is 0 Å². The van der Waals surface area contributed by atoms with Crippen LogP contribution >= 0.6 is 23.1 Å². The van der Waals surface area contributed by atoms with Gasteiger partial charge in [-0.3, -0.25) is 9.36 Å². The molecule has 0 bridgehead atoms. The Bertz CT molecular complexity index is 1300. The second kappa shape index (κ2) is 10.1. The van der Waals surface area contributed by atoms with Crippen LogP contribution in [0.1, 0.15) is 12.8 Å². The summed E-state index contributed by atoms with van der Waals surface area (Å²) < 4.78 is 27.2. The van der Waals surface area contributed by atoms with Gasteiger partial charge in [0.1, 0.15) is 11.6 Å². The summed E-state index contributed by atoms with van der Waals surface area (Å²) in [6.07, 6.45) is 2.09. The fourth-order valence-electron chi connectivity index (χ4n) is 3.74. The van der Waals surface area contributed by atoms with E-state index in [0.29, 0.717) is 32.9 Å². The number of methoxy groups -OCH3 is 1. The van der Waals surface area contributed by atoms with Gasteiger partial charge in [-0.25, -0.2) is 9.37 Å². The minimum Gasteiger partial charge on any atom is -0.497 e. The van der Waals surface area contributed by atoms with Gasteiger partial charge in [-0.15, -0.1) is 10.2 Å². The number of fused-ring (bicyclic) bond motifs is 1. The molecular weight excluding hydrogens is 477 g/mol. The van der Waals surface area contributed by atoms with Crippen LogP contribution in [0, 0.1) is 5.82 Å². The molecule has 1 amide bonds. The first-order valence-corrected chi connectivity index (χ1v) is 12.6. The van der Waals surface area contributed by atoms with E-state index in [9.17, 15) is 9.18 Å². The van der Waals surface area contributed by atoms with Crippen molar-refractivity contribution in [1.29, 1.82) is 0 Å². The van der Waals surface area contributed by atoms with Gasteiger partial charge in [0.05, 0.1) is 35.7 Å². The molecule has 11 heteroatoms.